The second-order valence-electron chi connectivity index (χ2n) is 6.09. The van der Waals surface area contributed by atoms with E-state index in [0.29, 0.717) is 18.0 Å². The molecule has 0 amide bonds. The second-order valence-corrected chi connectivity index (χ2v) is 6.85. The van der Waals surface area contributed by atoms with Gasteiger partial charge >= 0.3 is 0 Å². The molecular formula is C15H20N6S. The van der Waals surface area contributed by atoms with E-state index in [1.807, 2.05) is 24.3 Å². The predicted octanol–water partition coefficient (Wildman–Crippen LogP) is 1.84. The molecule has 5 N–H and O–H groups in total. The fraction of sp³-hybridized carbons (Fsp3) is 0.467. The quantitative estimate of drug-likeness (QED) is 0.646. The highest BCUT2D eigenvalue weighted by Gasteiger charge is 2.33. The second kappa shape index (κ2) is 5.83. The molecule has 22 heavy (non-hydrogen) atoms. The summed E-state index contributed by atoms with van der Waals surface area (Å²) in [6.45, 7) is 1.06. The van der Waals surface area contributed by atoms with Gasteiger partial charge in [-0.05, 0) is 37.3 Å². The summed E-state index contributed by atoms with van der Waals surface area (Å²) >= 11 is 1.42. The molecule has 1 saturated heterocycles. The lowest BCUT2D eigenvalue weighted by Crippen LogP contribution is -2.39. The Morgan fingerprint density at radius 3 is 3.18 bits per heavy atom. The molecular weight excluding hydrogens is 296 g/mol. The average molecular weight is 316 g/mol. The molecule has 3 atom stereocenters. The summed E-state index contributed by atoms with van der Waals surface area (Å²) in [5, 5.41) is 4.46. The fourth-order valence-corrected chi connectivity index (χ4v) is 4.05. The SMILES string of the molecule is Nc1cccc(-c2nsc(NC3CCC4NNCC4C3)n2)c1. The minimum absolute atomic E-state index is 0.490. The third-order valence-electron chi connectivity index (χ3n) is 4.53. The lowest BCUT2D eigenvalue weighted by molar-refractivity contribution is 0.314. The van der Waals surface area contributed by atoms with E-state index < -0.39 is 0 Å². The molecule has 1 aromatic carbocycles. The molecule has 1 aromatic heterocycles. The summed E-state index contributed by atoms with van der Waals surface area (Å²) < 4.78 is 4.45. The van der Waals surface area contributed by atoms with Crippen molar-refractivity contribution in [1.82, 2.24) is 20.2 Å². The molecule has 1 aliphatic carbocycles. The molecule has 1 saturated carbocycles. The van der Waals surface area contributed by atoms with Gasteiger partial charge in [0.2, 0.25) is 5.13 Å². The van der Waals surface area contributed by atoms with E-state index in [1.54, 1.807) is 0 Å². The third-order valence-corrected chi connectivity index (χ3v) is 5.18. The van der Waals surface area contributed by atoms with E-state index in [9.17, 15) is 0 Å². The summed E-state index contributed by atoms with van der Waals surface area (Å²) in [5.74, 6) is 1.46. The first-order valence-corrected chi connectivity index (χ1v) is 8.50. The molecule has 116 valence electrons. The summed E-state index contributed by atoms with van der Waals surface area (Å²) in [5.41, 5.74) is 14.2. The van der Waals surface area contributed by atoms with Gasteiger partial charge in [0.05, 0.1) is 0 Å². The molecule has 0 bridgehead atoms. The van der Waals surface area contributed by atoms with Gasteiger partial charge in [-0.15, -0.1) is 0 Å². The van der Waals surface area contributed by atoms with Crippen LogP contribution in [-0.4, -0.2) is 28.0 Å². The minimum Gasteiger partial charge on any atom is -0.399 e. The zero-order valence-electron chi connectivity index (χ0n) is 12.2. The van der Waals surface area contributed by atoms with Crippen molar-refractivity contribution in [3.63, 3.8) is 0 Å². The van der Waals surface area contributed by atoms with Crippen LogP contribution < -0.4 is 21.9 Å². The standard InChI is InChI=1S/C15H20N6S/c16-11-3-1-2-9(6-11)14-19-15(22-21-14)18-12-4-5-13-10(7-12)8-17-20-13/h1-3,6,10,12-13,17,20H,4-5,7-8,16H2,(H,18,19,21). The van der Waals surface area contributed by atoms with E-state index >= 15 is 0 Å². The predicted molar refractivity (Wildman–Crippen MR) is 89.4 cm³/mol. The number of rotatable bonds is 3. The lowest BCUT2D eigenvalue weighted by atomic mass is 9.83. The fourth-order valence-electron chi connectivity index (χ4n) is 3.38. The summed E-state index contributed by atoms with van der Waals surface area (Å²) in [6, 6.07) is 8.83. The van der Waals surface area contributed by atoms with E-state index in [4.69, 9.17) is 5.73 Å². The maximum absolute atomic E-state index is 5.82. The van der Waals surface area contributed by atoms with Crippen molar-refractivity contribution < 1.29 is 0 Å². The molecule has 2 aliphatic rings. The maximum Gasteiger partial charge on any atom is 0.203 e. The number of fused-ring (bicyclic) bond motifs is 1. The Morgan fingerprint density at radius 2 is 2.27 bits per heavy atom. The van der Waals surface area contributed by atoms with Crippen LogP contribution in [0.1, 0.15) is 19.3 Å². The van der Waals surface area contributed by atoms with Crippen molar-refractivity contribution in [3.8, 4) is 11.4 Å². The molecule has 4 rings (SSSR count). The van der Waals surface area contributed by atoms with Gasteiger partial charge < -0.3 is 11.1 Å². The number of nitrogens with zero attached hydrogens (tertiary/aromatic N) is 2. The number of hydrogen-bond acceptors (Lipinski definition) is 7. The van der Waals surface area contributed by atoms with Crippen LogP contribution in [0.3, 0.4) is 0 Å². The Bertz CT molecular complexity index is 657. The number of benzene rings is 1. The Labute approximate surface area is 133 Å². The maximum atomic E-state index is 5.82. The average Bonchev–Trinajstić information content (AvgIpc) is 3.16. The lowest BCUT2D eigenvalue weighted by Gasteiger charge is -2.30. The van der Waals surface area contributed by atoms with Crippen LogP contribution in [0.25, 0.3) is 11.4 Å². The van der Waals surface area contributed by atoms with Gasteiger partial charge in [-0.25, -0.2) is 0 Å². The first-order chi connectivity index (χ1) is 10.8. The van der Waals surface area contributed by atoms with Crippen LogP contribution in [0, 0.1) is 5.92 Å². The van der Waals surface area contributed by atoms with Gasteiger partial charge in [0.15, 0.2) is 5.82 Å². The molecule has 2 fully saturated rings. The van der Waals surface area contributed by atoms with Crippen molar-refractivity contribution >= 4 is 22.4 Å². The number of anilines is 2. The first kappa shape index (κ1) is 13.9. The summed E-state index contributed by atoms with van der Waals surface area (Å²) in [7, 11) is 0. The van der Waals surface area contributed by atoms with Gasteiger partial charge in [-0.1, -0.05) is 12.1 Å². The molecule has 0 radical (unpaired) electrons. The zero-order chi connectivity index (χ0) is 14.9. The molecule has 3 unspecified atom stereocenters. The smallest absolute Gasteiger partial charge is 0.203 e. The summed E-state index contributed by atoms with van der Waals surface area (Å²) in [4.78, 5) is 4.61. The van der Waals surface area contributed by atoms with Crippen molar-refractivity contribution in [2.45, 2.75) is 31.3 Å². The molecule has 2 heterocycles. The third kappa shape index (κ3) is 2.79. The molecule has 1 aliphatic heterocycles. The Kier molecular flexibility index (Phi) is 3.69. The van der Waals surface area contributed by atoms with Gasteiger partial charge in [-0.2, -0.15) is 9.36 Å². The van der Waals surface area contributed by atoms with Crippen LogP contribution in [-0.2, 0) is 0 Å². The number of nitrogen functional groups attached to an aromatic ring is 1. The number of hydrogen-bond donors (Lipinski definition) is 4. The Hall–Kier alpha value is -1.70. The van der Waals surface area contributed by atoms with Crippen LogP contribution in [0.5, 0.6) is 0 Å². The summed E-state index contributed by atoms with van der Waals surface area (Å²) in [6.07, 6.45) is 3.55. The number of aromatic nitrogens is 2. The molecule has 6 nitrogen and oxygen atoms in total. The Morgan fingerprint density at radius 1 is 1.32 bits per heavy atom. The van der Waals surface area contributed by atoms with Crippen LogP contribution >= 0.6 is 11.5 Å². The molecule has 2 aromatic rings. The van der Waals surface area contributed by atoms with Crippen molar-refractivity contribution in [2.75, 3.05) is 17.6 Å². The van der Waals surface area contributed by atoms with E-state index in [1.165, 1.54) is 30.8 Å². The topological polar surface area (TPSA) is 87.9 Å². The normalized spacial score (nSPS) is 27.5. The van der Waals surface area contributed by atoms with Crippen molar-refractivity contribution in [3.05, 3.63) is 24.3 Å². The van der Waals surface area contributed by atoms with Crippen LogP contribution in [0.2, 0.25) is 0 Å². The Balaban J connectivity index is 1.44. The highest BCUT2D eigenvalue weighted by molar-refractivity contribution is 7.09. The van der Waals surface area contributed by atoms with Crippen LogP contribution in [0.4, 0.5) is 10.8 Å². The number of hydrazine groups is 1. The van der Waals surface area contributed by atoms with Crippen molar-refractivity contribution in [1.29, 1.82) is 0 Å². The van der Waals surface area contributed by atoms with Crippen LogP contribution in [0.15, 0.2) is 24.3 Å². The molecule has 7 heteroatoms. The van der Waals surface area contributed by atoms with Gasteiger partial charge in [0.1, 0.15) is 0 Å². The highest BCUT2D eigenvalue weighted by Crippen LogP contribution is 2.30. The van der Waals surface area contributed by atoms with Crippen molar-refractivity contribution in [2.24, 2.45) is 5.92 Å². The van der Waals surface area contributed by atoms with E-state index in [2.05, 4.69) is 25.5 Å². The van der Waals surface area contributed by atoms with Gasteiger partial charge in [0, 0.05) is 41.4 Å². The zero-order valence-corrected chi connectivity index (χ0v) is 13.1. The van der Waals surface area contributed by atoms with E-state index in [-0.39, 0.29) is 0 Å². The monoisotopic (exact) mass is 316 g/mol. The molecule has 0 spiro atoms. The largest absolute Gasteiger partial charge is 0.399 e. The minimum atomic E-state index is 0.490. The number of nitrogens with one attached hydrogen (secondary N) is 3. The van der Waals surface area contributed by atoms with Gasteiger partial charge in [-0.3, -0.25) is 10.9 Å². The van der Waals surface area contributed by atoms with E-state index in [0.717, 1.165) is 28.8 Å². The van der Waals surface area contributed by atoms with Gasteiger partial charge in [0.25, 0.3) is 0 Å². The highest BCUT2D eigenvalue weighted by atomic mass is 32.1. The first-order valence-electron chi connectivity index (χ1n) is 7.72. The number of nitrogens with two attached hydrogens (primary N) is 1.